The van der Waals surface area contributed by atoms with Gasteiger partial charge in [0.05, 0.1) is 0 Å². The molecule has 0 saturated carbocycles. The van der Waals surface area contributed by atoms with Crippen molar-refractivity contribution >= 4 is 23.1 Å². The zero-order chi connectivity index (χ0) is 13.1. The Balaban J connectivity index is 2.27. The number of hydrogen-bond donors (Lipinski definition) is 1. The third-order valence-corrected chi connectivity index (χ3v) is 2.99. The molecule has 0 saturated heterocycles. The highest BCUT2D eigenvalue weighted by molar-refractivity contribution is 6.31. The number of carbonyl (C=O) groups is 1. The van der Waals surface area contributed by atoms with Crippen LogP contribution in [-0.2, 0) is 6.42 Å². The highest BCUT2D eigenvalue weighted by Gasteiger charge is 2.12. The Bertz CT molecular complexity index is 598. The van der Waals surface area contributed by atoms with Crippen molar-refractivity contribution in [2.75, 3.05) is 5.73 Å². The van der Waals surface area contributed by atoms with Crippen molar-refractivity contribution in [2.24, 2.45) is 0 Å². The fourth-order valence-electron chi connectivity index (χ4n) is 1.70. The molecule has 0 aliphatic heterocycles. The number of halogens is 2. The Labute approximate surface area is 109 Å². The van der Waals surface area contributed by atoms with Gasteiger partial charge in [-0.05, 0) is 35.9 Å². The van der Waals surface area contributed by atoms with Crippen LogP contribution in [0.25, 0.3) is 0 Å². The minimum atomic E-state index is -0.414. The molecule has 0 bridgehead atoms. The van der Waals surface area contributed by atoms with Gasteiger partial charge in [0, 0.05) is 22.7 Å². The second-order valence-electron chi connectivity index (χ2n) is 3.92. The number of rotatable bonds is 3. The highest BCUT2D eigenvalue weighted by atomic mass is 35.5. The van der Waals surface area contributed by atoms with Crippen LogP contribution in [-0.4, -0.2) is 5.78 Å². The SMILES string of the molecule is Nc1ccccc1C(=O)Cc1cc(F)ccc1Cl. The van der Waals surface area contributed by atoms with Gasteiger partial charge >= 0.3 is 0 Å². The predicted molar refractivity (Wildman–Crippen MR) is 70.3 cm³/mol. The van der Waals surface area contributed by atoms with Crippen molar-refractivity contribution in [3.05, 3.63) is 64.4 Å². The van der Waals surface area contributed by atoms with Crippen molar-refractivity contribution in [3.63, 3.8) is 0 Å². The third-order valence-electron chi connectivity index (χ3n) is 2.62. The summed E-state index contributed by atoms with van der Waals surface area (Å²) in [5.74, 6) is -0.594. The van der Waals surface area contributed by atoms with Gasteiger partial charge in [-0.15, -0.1) is 0 Å². The summed E-state index contributed by atoms with van der Waals surface area (Å²) in [5, 5.41) is 0.374. The molecule has 2 nitrogen and oxygen atoms in total. The summed E-state index contributed by atoms with van der Waals surface area (Å²) in [6.07, 6.45) is 0.0325. The van der Waals surface area contributed by atoms with E-state index in [1.807, 2.05) is 0 Å². The fraction of sp³-hybridized carbons (Fsp3) is 0.0714. The highest BCUT2D eigenvalue weighted by Crippen LogP contribution is 2.20. The summed E-state index contributed by atoms with van der Waals surface area (Å²) in [4.78, 5) is 12.0. The number of benzene rings is 2. The fourth-order valence-corrected chi connectivity index (χ4v) is 1.88. The summed E-state index contributed by atoms with van der Waals surface area (Å²) in [5.41, 5.74) is 7.02. The van der Waals surface area contributed by atoms with E-state index in [1.165, 1.54) is 18.2 Å². The number of nitrogen functional groups attached to an aromatic ring is 1. The lowest BCUT2D eigenvalue weighted by atomic mass is 10.0. The normalized spacial score (nSPS) is 10.3. The van der Waals surface area contributed by atoms with Crippen molar-refractivity contribution in [3.8, 4) is 0 Å². The molecule has 0 radical (unpaired) electrons. The van der Waals surface area contributed by atoms with Crippen LogP contribution in [0.3, 0.4) is 0 Å². The van der Waals surface area contributed by atoms with E-state index >= 15 is 0 Å². The second kappa shape index (κ2) is 5.19. The Morgan fingerprint density at radius 3 is 2.67 bits per heavy atom. The van der Waals surface area contributed by atoms with Gasteiger partial charge in [-0.25, -0.2) is 4.39 Å². The number of hydrogen-bond acceptors (Lipinski definition) is 2. The van der Waals surface area contributed by atoms with E-state index in [0.717, 1.165) is 0 Å². The molecular formula is C14H11ClFNO. The predicted octanol–water partition coefficient (Wildman–Crippen LogP) is 3.49. The molecule has 0 aliphatic carbocycles. The number of ketones is 1. The average Bonchev–Trinajstić information content (AvgIpc) is 2.34. The molecule has 4 heteroatoms. The minimum Gasteiger partial charge on any atom is -0.398 e. The molecule has 0 heterocycles. The van der Waals surface area contributed by atoms with Gasteiger partial charge in [0.2, 0.25) is 0 Å². The standard InChI is InChI=1S/C14H11ClFNO/c15-12-6-5-10(16)7-9(12)8-14(18)11-3-1-2-4-13(11)17/h1-7H,8,17H2. The Hall–Kier alpha value is -1.87. The van der Waals surface area contributed by atoms with Crippen molar-refractivity contribution in [1.82, 2.24) is 0 Å². The quantitative estimate of drug-likeness (QED) is 0.680. The molecule has 0 aliphatic rings. The van der Waals surface area contributed by atoms with E-state index in [0.29, 0.717) is 21.8 Å². The lowest BCUT2D eigenvalue weighted by Gasteiger charge is -2.06. The van der Waals surface area contributed by atoms with Crippen molar-refractivity contribution in [2.45, 2.75) is 6.42 Å². The van der Waals surface area contributed by atoms with Crippen LogP contribution in [0, 0.1) is 5.82 Å². The topological polar surface area (TPSA) is 43.1 Å². The summed E-state index contributed by atoms with van der Waals surface area (Å²) < 4.78 is 13.1. The van der Waals surface area contributed by atoms with Crippen molar-refractivity contribution < 1.29 is 9.18 Å². The van der Waals surface area contributed by atoms with Crippen LogP contribution in [0.4, 0.5) is 10.1 Å². The number of Topliss-reactive ketones (excluding diaryl/α,β-unsaturated/α-hetero) is 1. The third kappa shape index (κ3) is 2.68. The summed E-state index contributed by atoms with van der Waals surface area (Å²) in [6, 6.07) is 10.7. The van der Waals surface area contributed by atoms with Gasteiger partial charge in [-0.1, -0.05) is 23.7 Å². The largest absolute Gasteiger partial charge is 0.398 e. The zero-order valence-electron chi connectivity index (χ0n) is 9.49. The molecule has 0 fully saturated rings. The number of para-hydroxylation sites is 1. The van der Waals surface area contributed by atoms with E-state index in [1.54, 1.807) is 24.3 Å². The number of anilines is 1. The first kappa shape index (κ1) is 12.6. The lowest BCUT2D eigenvalue weighted by molar-refractivity contribution is 0.0994. The van der Waals surface area contributed by atoms with Crippen LogP contribution in [0.2, 0.25) is 5.02 Å². The van der Waals surface area contributed by atoms with Gasteiger partial charge in [0.25, 0.3) is 0 Å². The van der Waals surface area contributed by atoms with E-state index in [2.05, 4.69) is 0 Å². The molecule has 2 N–H and O–H groups in total. The van der Waals surface area contributed by atoms with E-state index in [4.69, 9.17) is 17.3 Å². The van der Waals surface area contributed by atoms with Gasteiger partial charge in [-0.2, -0.15) is 0 Å². The Morgan fingerprint density at radius 1 is 1.22 bits per heavy atom. The van der Waals surface area contributed by atoms with Crippen molar-refractivity contribution in [1.29, 1.82) is 0 Å². The monoisotopic (exact) mass is 263 g/mol. The van der Waals surface area contributed by atoms with Crippen LogP contribution in [0.15, 0.2) is 42.5 Å². The van der Waals surface area contributed by atoms with Gasteiger partial charge in [-0.3, -0.25) is 4.79 Å². The number of carbonyl (C=O) groups excluding carboxylic acids is 1. The maximum absolute atomic E-state index is 13.1. The lowest BCUT2D eigenvalue weighted by Crippen LogP contribution is -2.07. The maximum atomic E-state index is 13.1. The first-order valence-corrected chi connectivity index (χ1v) is 5.77. The molecule has 0 atom stereocenters. The minimum absolute atomic E-state index is 0.0325. The summed E-state index contributed by atoms with van der Waals surface area (Å²) in [7, 11) is 0. The molecule has 0 spiro atoms. The van der Waals surface area contributed by atoms with Crippen LogP contribution in [0.5, 0.6) is 0 Å². The molecule has 0 amide bonds. The Morgan fingerprint density at radius 2 is 1.94 bits per heavy atom. The van der Waals surface area contributed by atoms with Crippen LogP contribution < -0.4 is 5.73 Å². The maximum Gasteiger partial charge on any atom is 0.169 e. The molecule has 2 aromatic rings. The van der Waals surface area contributed by atoms with Gasteiger partial charge in [0.15, 0.2) is 5.78 Å². The molecule has 0 unspecified atom stereocenters. The van der Waals surface area contributed by atoms with Gasteiger partial charge in [0.1, 0.15) is 5.82 Å². The Kier molecular flexibility index (Phi) is 3.63. The second-order valence-corrected chi connectivity index (χ2v) is 4.33. The van der Waals surface area contributed by atoms with E-state index < -0.39 is 5.82 Å². The van der Waals surface area contributed by atoms with E-state index in [9.17, 15) is 9.18 Å². The molecule has 18 heavy (non-hydrogen) atoms. The summed E-state index contributed by atoms with van der Waals surface area (Å²) >= 11 is 5.92. The first-order chi connectivity index (χ1) is 8.58. The summed E-state index contributed by atoms with van der Waals surface area (Å²) in [6.45, 7) is 0. The molecule has 0 aromatic heterocycles. The molecule has 2 rings (SSSR count). The zero-order valence-corrected chi connectivity index (χ0v) is 10.2. The van der Waals surface area contributed by atoms with Gasteiger partial charge < -0.3 is 5.73 Å². The van der Waals surface area contributed by atoms with Crippen LogP contribution >= 0.6 is 11.6 Å². The molecule has 2 aromatic carbocycles. The average molecular weight is 264 g/mol. The molecular weight excluding hydrogens is 253 g/mol. The smallest absolute Gasteiger partial charge is 0.169 e. The molecule has 92 valence electrons. The van der Waals surface area contributed by atoms with E-state index in [-0.39, 0.29) is 12.2 Å². The first-order valence-electron chi connectivity index (χ1n) is 5.39. The van der Waals surface area contributed by atoms with Crippen LogP contribution in [0.1, 0.15) is 15.9 Å². The number of nitrogens with two attached hydrogens (primary N) is 1.